The molecule has 0 aliphatic carbocycles. The third-order valence-electron chi connectivity index (χ3n) is 4.60. The van der Waals surface area contributed by atoms with Crippen LogP contribution >= 0.6 is 0 Å². The summed E-state index contributed by atoms with van der Waals surface area (Å²) in [5.74, 6) is -4.28. The Labute approximate surface area is 177 Å². The van der Waals surface area contributed by atoms with Crippen molar-refractivity contribution in [2.24, 2.45) is 5.10 Å². The zero-order valence-electron chi connectivity index (χ0n) is 16.1. The molecule has 1 aliphatic rings. The Morgan fingerprint density at radius 2 is 1.69 bits per heavy atom. The molecule has 0 amide bonds. The summed E-state index contributed by atoms with van der Waals surface area (Å²) in [6, 6.07) is 12.2. The lowest BCUT2D eigenvalue weighted by Gasteiger charge is -2.26. The van der Waals surface area contributed by atoms with Gasteiger partial charge in [0.15, 0.2) is 6.61 Å². The summed E-state index contributed by atoms with van der Waals surface area (Å²) < 4.78 is 56.4. The van der Waals surface area contributed by atoms with Crippen LogP contribution in [-0.2, 0) is 0 Å². The van der Waals surface area contributed by atoms with E-state index in [0.29, 0.717) is 17.1 Å². The minimum absolute atomic E-state index is 0.0263. The SMILES string of the molecule is O=c1[nH]ncn1-c1ccc(N2N=CN(c3ccc(OCC(F)(F)C(F)F)cc3)C2O)cc1. The summed E-state index contributed by atoms with van der Waals surface area (Å²) in [5.41, 5.74) is 1.16. The summed E-state index contributed by atoms with van der Waals surface area (Å²) in [6.45, 7) is -1.45. The number of aliphatic hydroxyl groups excluding tert-OH is 1. The maximum Gasteiger partial charge on any atom is 0.347 e. The highest BCUT2D eigenvalue weighted by Crippen LogP contribution is 2.29. The molecule has 0 spiro atoms. The van der Waals surface area contributed by atoms with Crippen LogP contribution in [0.15, 0.2) is 64.8 Å². The standard InChI is InChI=1S/C19H16F4N6O3/c20-16(21)19(22,23)9-32-15-7-5-13(6-8-15)28-11-25-29(18(28)31)14-3-1-12(2-4-14)27-10-24-26-17(27)30/h1-8,10-11,16,18,31H,9H2,(H,26,30). The summed E-state index contributed by atoms with van der Waals surface area (Å²) in [4.78, 5) is 13.0. The first kappa shape index (κ1) is 21.4. The number of halogens is 4. The number of aliphatic hydroxyl groups is 1. The van der Waals surface area contributed by atoms with Gasteiger partial charge in [0, 0.05) is 5.69 Å². The van der Waals surface area contributed by atoms with Gasteiger partial charge in [-0.3, -0.25) is 4.90 Å². The van der Waals surface area contributed by atoms with Crippen LogP contribution in [0.2, 0.25) is 0 Å². The van der Waals surface area contributed by atoms with Gasteiger partial charge in [-0.15, -0.1) is 0 Å². The average Bonchev–Trinajstić information content (AvgIpc) is 3.38. The predicted octanol–water partition coefficient (Wildman–Crippen LogP) is 2.39. The number of benzene rings is 2. The van der Waals surface area contributed by atoms with Crippen LogP contribution in [0.4, 0.5) is 28.9 Å². The van der Waals surface area contributed by atoms with Crippen molar-refractivity contribution in [1.29, 1.82) is 0 Å². The second-order valence-corrected chi connectivity index (χ2v) is 6.72. The van der Waals surface area contributed by atoms with Crippen LogP contribution in [0.1, 0.15) is 0 Å². The Bertz CT molecular complexity index is 1150. The molecule has 9 nitrogen and oxygen atoms in total. The second-order valence-electron chi connectivity index (χ2n) is 6.72. The van der Waals surface area contributed by atoms with Crippen LogP contribution in [0.3, 0.4) is 0 Å². The highest BCUT2D eigenvalue weighted by atomic mass is 19.3. The maximum atomic E-state index is 13.0. The molecule has 3 aromatic rings. The highest BCUT2D eigenvalue weighted by Gasteiger charge is 2.41. The lowest BCUT2D eigenvalue weighted by molar-refractivity contribution is -0.148. The molecule has 1 atom stereocenters. The van der Waals surface area contributed by atoms with Crippen LogP contribution in [0.25, 0.3) is 5.69 Å². The van der Waals surface area contributed by atoms with Crippen molar-refractivity contribution < 1.29 is 27.4 Å². The zero-order valence-corrected chi connectivity index (χ0v) is 16.1. The highest BCUT2D eigenvalue weighted by molar-refractivity contribution is 5.84. The quantitative estimate of drug-likeness (QED) is 0.535. The molecule has 2 N–H and O–H groups in total. The number of hydrogen-bond donors (Lipinski definition) is 2. The van der Waals surface area contributed by atoms with Gasteiger partial charge in [-0.1, -0.05) is 0 Å². The summed E-state index contributed by atoms with van der Waals surface area (Å²) in [7, 11) is 0. The van der Waals surface area contributed by atoms with Gasteiger partial charge in [0.2, 0.25) is 6.35 Å². The van der Waals surface area contributed by atoms with E-state index in [1.165, 1.54) is 51.4 Å². The van der Waals surface area contributed by atoms with Crippen molar-refractivity contribution in [1.82, 2.24) is 14.8 Å². The molecule has 2 heterocycles. The number of anilines is 2. The first-order valence-electron chi connectivity index (χ1n) is 9.17. The van der Waals surface area contributed by atoms with E-state index >= 15 is 0 Å². The predicted molar refractivity (Wildman–Crippen MR) is 107 cm³/mol. The largest absolute Gasteiger partial charge is 0.487 e. The van der Waals surface area contributed by atoms with Crippen LogP contribution in [0, 0.1) is 0 Å². The molecule has 1 unspecified atom stereocenters. The minimum atomic E-state index is -4.25. The normalized spacial score (nSPS) is 16.2. The molecule has 0 saturated heterocycles. The van der Waals surface area contributed by atoms with Crippen molar-refractivity contribution in [2.75, 3.05) is 16.5 Å². The molecule has 2 aromatic carbocycles. The van der Waals surface area contributed by atoms with E-state index in [4.69, 9.17) is 4.74 Å². The van der Waals surface area contributed by atoms with Crippen LogP contribution in [-0.4, -0.2) is 51.5 Å². The van der Waals surface area contributed by atoms with E-state index in [-0.39, 0.29) is 5.75 Å². The fraction of sp³-hybridized carbons (Fsp3) is 0.211. The van der Waals surface area contributed by atoms with Gasteiger partial charge in [0.1, 0.15) is 18.4 Å². The van der Waals surface area contributed by atoms with E-state index in [1.54, 1.807) is 24.3 Å². The third kappa shape index (κ3) is 4.14. The first-order valence-corrected chi connectivity index (χ1v) is 9.17. The van der Waals surface area contributed by atoms with Crippen molar-refractivity contribution in [3.05, 3.63) is 65.3 Å². The monoisotopic (exact) mass is 452 g/mol. The number of alkyl halides is 4. The Morgan fingerprint density at radius 1 is 1.06 bits per heavy atom. The maximum absolute atomic E-state index is 13.0. The Balaban J connectivity index is 1.42. The summed E-state index contributed by atoms with van der Waals surface area (Å²) in [6.07, 6.45) is -2.34. The molecular formula is C19H16F4N6O3. The number of nitrogens with one attached hydrogen (secondary N) is 1. The van der Waals surface area contributed by atoms with Gasteiger partial charge in [-0.05, 0) is 48.5 Å². The van der Waals surface area contributed by atoms with Gasteiger partial charge in [-0.2, -0.15) is 19.0 Å². The fourth-order valence-corrected chi connectivity index (χ4v) is 2.90. The van der Waals surface area contributed by atoms with Crippen LogP contribution in [0.5, 0.6) is 5.75 Å². The van der Waals surface area contributed by atoms with Gasteiger partial charge >= 0.3 is 18.0 Å². The number of H-pyrrole nitrogens is 1. The third-order valence-corrected chi connectivity index (χ3v) is 4.60. The topological polar surface area (TPSA) is 99.0 Å². The molecule has 0 bridgehead atoms. The zero-order chi connectivity index (χ0) is 22.9. The number of aromatic nitrogens is 3. The minimum Gasteiger partial charge on any atom is -0.487 e. The summed E-state index contributed by atoms with van der Waals surface area (Å²) in [5, 5.41) is 22.0. The number of aromatic amines is 1. The van der Waals surface area contributed by atoms with E-state index in [0.717, 1.165) is 0 Å². The van der Waals surface area contributed by atoms with Crippen molar-refractivity contribution in [3.63, 3.8) is 0 Å². The molecule has 32 heavy (non-hydrogen) atoms. The number of nitrogens with zero attached hydrogens (tertiary/aromatic N) is 5. The number of rotatable bonds is 7. The van der Waals surface area contributed by atoms with Crippen molar-refractivity contribution in [3.8, 4) is 11.4 Å². The number of hydrazone groups is 1. The molecular weight excluding hydrogens is 436 g/mol. The molecule has 13 heteroatoms. The fourth-order valence-electron chi connectivity index (χ4n) is 2.90. The van der Waals surface area contributed by atoms with Crippen molar-refractivity contribution >= 4 is 17.7 Å². The first-order chi connectivity index (χ1) is 15.3. The molecule has 4 rings (SSSR count). The Morgan fingerprint density at radius 3 is 2.28 bits per heavy atom. The van der Waals surface area contributed by atoms with E-state index in [1.807, 2.05) is 0 Å². The van der Waals surface area contributed by atoms with Gasteiger partial charge in [-0.25, -0.2) is 28.3 Å². The van der Waals surface area contributed by atoms with Gasteiger partial charge in [0.25, 0.3) is 0 Å². The molecule has 0 fully saturated rings. The second kappa shape index (κ2) is 8.34. The molecule has 168 valence electrons. The molecule has 0 radical (unpaired) electrons. The molecule has 0 saturated carbocycles. The molecule has 1 aromatic heterocycles. The number of ether oxygens (including phenoxy) is 1. The van der Waals surface area contributed by atoms with E-state index in [2.05, 4.69) is 15.3 Å². The lowest BCUT2D eigenvalue weighted by Crippen LogP contribution is -2.39. The molecule has 1 aliphatic heterocycles. The average molecular weight is 452 g/mol. The smallest absolute Gasteiger partial charge is 0.347 e. The van der Waals surface area contributed by atoms with Crippen molar-refractivity contribution in [2.45, 2.75) is 18.7 Å². The number of hydrogen-bond acceptors (Lipinski definition) is 7. The van der Waals surface area contributed by atoms with Gasteiger partial charge < -0.3 is 9.84 Å². The van der Waals surface area contributed by atoms with E-state index in [9.17, 15) is 27.5 Å². The van der Waals surface area contributed by atoms with Crippen LogP contribution < -0.4 is 20.3 Å². The van der Waals surface area contributed by atoms with E-state index < -0.39 is 31.0 Å². The Kier molecular flexibility index (Phi) is 5.57. The Hall–Kier alpha value is -3.87. The lowest BCUT2D eigenvalue weighted by atomic mass is 10.2. The summed E-state index contributed by atoms with van der Waals surface area (Å²) >= 11 is 0. The van der Waals surface area contributed by atoms with Gasteiger partial charge in [0.05, 0.1) is 11.4 Å².